The smallest absolute Gasteiger partial charge is 0.244 e. The number of nitriles is 2. The summed E-state index contributed by atoms with van der Waals surface area (Å²) in [6.07, 6.45) is 3.51. The molecule has 0 bridgehead atoms. The van der Waals surface area contributed by atoms with Gasteiger partial charge in [0, 0.05) is 70.6 Å². The molecular weight excluding hydrogens is 1030 g/mol. The predicted octanol–water partition coefficient (Wildman–Crippen LogP) is 10.6. The largest absolute Gasteiger partial charge is 0.392 e. The lowest BCUT2D eigenvalue weighted by atomic mass is 10.0. The van der Waals surface area contributed by atoms with Gasteiger partial charge in [0.05, 0.1) is 42.5 Å². The van der Waals surface area contributed by atoms with Crippen molar-refractivity contribution in [2.45, 2.75) is 44.8 Å². The molecule has 8 rings (SSSR count). The van der Waals surface area contributed by atoms with E-state index in [1.165, 1.54) is 17.7 Å². The molecule has 2 aliphatic heterocycles. The minimum absolute atomic E-state index is 0.0406. The second kappa shape index (κ2) is 27.7. The highest BCUT2D eigenvalue weighted by molar-refractivity contribution is 6.35. The molecule has 17 heteroatoms. The number of β-amino-alcohol motifs (C(OH)–C–C–N with tert-alkyl or cyclic N) is 1. The first kappa shape index (κ1) is 56.0. The molecule has 1 atom stereocenters. The molecule has 2 saturated heterocycles. The Bertz CT molecular complexity index is 3010. The normalized spacial score (nSPS) is 14.2. The molecule has 6 aromatic carbocycles. The van der Waals surface area contributed by atoms with Gasteiger partial charge in [0.2, 0.25) is 23.6 Å². The average Bonchev–Trinajstić information content (AvgIpc) is 4.08. The van der Waals surface area contributed by atoms with Crippen LogP contribution in [0.3, 0.4) is 0 Å². The fourth-order valence-electron chi connectivity index (χ4n) is 8.88. The SMILES string of the molecule is N#Cc1cccc(-c2ccc(CCN(CC(=O)Nc3cc(Cl)cc(Cl)c3)C(=O)CCN3CCCC3)cc2)c1.N#Cc1cccc(-c2ccc(CN(CC(=O)Nc3cc(Cl)cc(Cl)c3)C(=O)CN3CC[C@@H](O)C3)cc2)c1. The van der Waals surface area contributed by atoms with Crippen LogP contribution in [0.15, 0.2) is 133 Å². The number of hydrogen-bond donors (Lipinski definition) is 3. The van der Waals surface area contributed by atoms with Gasteiger partial charge in [-0.25, -0.2) is 0 Å². The van der Waals surface area contributed by atoms with Gasteiger partial charge >= 0.3 is 0 Å². The predicted molar refractivity (Wildman–Crippen MR) is 296 cm³/mol. The van der Waals surface area contributed by atoms with E-state index in [0.717, 1.165) is 46.5 Å². The van der Waals surface area contributed by atoms with E-state index in [4.69, 9.17) is 56.9 Å². The maximum atomic E-state index is 13.2. The molecule has 0 radical (unpaired) electrons. The van der Waals surface area contributed by atoms with E-state index >= 15 is 0 Å². The number of carbonyl (C=O) groups excluding carboxylic acids is 4. The molecule has 0 saturated carbocycles. The Morgan fingerprint density at radius 3 is 1.56 bits per heavy atom. The van der Waals surface area contributed by atoms with Crippen molar-refractivity contribution in [1.82, 2.24) is 19.6 Å². The minimum Gasteiger partial charge on any atom is -0.392 e. The molecule has 0 aromatic heterocycles. The number of aliphatic hydroxyl groups is 1. The highest BCUT2D eigenvalue weighted by atomic mass is 35.5. The monoisotopic (exact) mass is 1080 g/mol. The van der Waals surface area contributed by atoms with Crippen molar-refractivity contribution >= 4 is 81.4 Å². The summed E-state index contributed by atoms with van der Waals surface area (Å²) in [5.41, 5.74) is 7.92. The molecule has 0 spiro atoms. The topological polar surface area (TPSA) is 173 Å². The lowest BCUT2D eigenvalue weighted by molar-refractivity contribution is -0.136. The maximum absolute atomic E-state index is 13.2. The van der Waals surface area contributed by atoms with Crippen molar-refractivity contribution in [3.05, 3.63) is 176 Å². The maximum Gasteiger partial charge on any atom is 0.244 e. The van der Waals surface area contributed by atoms with Crippen LogP contribution < -0.4 is 10.6 Å². The molecule has 2 aliphatic rings. The van der Waals surface area contributed by atoms with Gasteiger partial charge in [0.25, 0.3) is 0 Å². The van der Waals surface area contributed by atoms with Crippen LogP contribution in [0.2, 0.25) is 20.1 Å². The molecule has 3 N–H and O–H groups in total. The number of likely N-dealkylation sites (tertiary alicyclic amines) is 2. The van der Waals surface area contributed by atoms with Gasteiger partial charge in [-0.15, -0.1) is 0 Å². The van der Waals surface area contributed by atoms with E-state index in [0.29, 0.717) is 88.0 Å². The molecule has 13 nitrogen and oxygen atoms in total. The van der Waals surface area contributed by atoms with Crippen molar-refractivity contribution in [2.24, 2.45) is 0 Å². The van der Waals surface area contributed by atoms with Crippen LogP contribution in [0.4, 0.5) is 11.4 Å². The number of amides is 4. The van der Waals surface area contributed by atoms with Gasteiger partial charge in [-0.1, -0.05) is 119 Å². The summed E-state index contributed by atoms with van der Waals surface area (Å²) < 4.78 is 0. The summed E-state index contributed by atoms with van der Waals surface area (Å²) in [5.74, 6) is -0.927. The van der Waals surface area contributed by atoms with Crippen molar-refractivity contribution in [2.75, 3.05) is 69.5 Å². The van der Waals surface area contributed by atoms with Crippen molar-refractivity contribution in [3.8, 4) is 34.4 Å². The van der Waals surface area contributed by atoms with Crippen LogP contribution in [-0.2, 0) is 32.1 Å². The molecule has 386 valence electrons. The zero-order valence-electron chi connectivity index (χ0n) is 41.2. The molecule has 75 heavy (non-hydrogen) atoms. The van der Waals surface area contributed by atoms with Crippen LogP contribution in [-0.4, -0.2) is 113 Å². The first-order chi connectivity index (χ1) is 36.2. The Morgan fingerprint density at radius 2 is 1.08 bits per heavy atom. The number of anilines is 2. The van der Waals surface area contributed by atoms with E-state index < -0.39 is 6.10 Å². The second-order valence-electron chi connectivity index (χ2n) is 18.5. The summed E-state index contributed by atoms with van der Waals surface area (Å²) in [7, 11) is 0. The van der Waals surface area contributed by atoms with Crippen LogP contribution in [0.25, 0.3) is 22.3 Å². The molecule has 6 aromatic rings. The van der Waals surface area contributed by atoms with Gasteiger partial charge in [0.1, 0.15) is 6.54 Å². The Balaban J connectivity index is 0.000000219. The number of carbonyl (C=O) groups is 4. The number of hydrogen-bond acceptors (Lipinski definition) is 9. The number of benzene rings is 6. The lowest BCUT2D eigenvalue weighted by Gasteiger charge is -2.25. The summed E-state index contributed by atoms with van der Waals surface area (Å²) in [4.78, 5) is 59.4. The Morgan fingerprint density at radius 1 is 0.587 bits per heavy atom. The van der Waals surface area contributed by atoms with Crippen molar-refractivity contribution in [3.63, 3.8) is 0 Å². The Kier molecular flexibility index (Phi) is 20.6. The Labute approximate surface area is 457 Å². The summed E-state index contributed by atoms with van der Waals surface area (Å²) in [5, 5.41) is 35.3. The van der Waals surface area contributed by atoms with Gasteiger partial charge < -0.3 is 30.4 Å². The zero-order valence-corrected chi connectivity index (χ0v) is 44.2. The quantitative estimate of drug-likeness (QED) is 0.0757. The second-order valence-corrected chi connectivity index (χ2v) is 20.2. The van der Waals surface area contributed by atoms with E-state index in [2.05, 4.69) is 27.7 Å². The van der Waals surface area contributed by atoms with Crippen LogP contribution in [0.1, 0.15) is 47.9 Å². The van der Waals surface area contributed by atoms with Crippen molar-refractivity contribution in [1.29, 1.82) is 10.5 Å². The highest BCUT2D eigenvalue weighted by Crippen LogP contribution is 2.26. The summed E-state index contributed by atoms with van der Waals surface area (Å²) >= 11 is 24.2. The summed E-state index contributed by atoms with van der Waals surface area (Å²) in [6.45, 7) is 4.37. The van der Waals surface area contributed by atoms with Gasteiger partial charge in [-0.05, 0) is 133 Å². The fourth-order valence-corrected chi connectivity index (χ4v) is 9.93. The number of nitrogens with zero attached hydrogens (tertiary/aromatic N) is 6. The van der Waals surface area contributed by atoms with Crippen LogP contribution >= 0.6 is 46.4 Å². The molecule has 0 aliphatic carbocycles. The van der Waals surface area contributed by atoms with E-state index in [1.807, 2.05) is 89.8 Å². The van der Waals surface area contributed by atoms with E-state index in [1.54, 1.807) is 53.4 Å². The van der Waals surface area contributed by atoms with Gasteiger partial charge in [0.15, 0.2) is 0 Å². The first-order valence-electron chi connectivity index (χ1n) is 24.6. The molecule has 2 fully saturated rings. The van der Waals surface area contributed by atoms with Crippen LogP contribution in [0, 0.1) is 22.7 Å². The summed E-state index contributed by atoms with van der Waals surface area (Å²) in [6, 6.07) is 44.5. The highest BCUT2D eigenvalue weighted by Gasteiger charge is 2.26. The average molecular weight is 1090 g/mol. The lowest BCUT2D eigenvalue weighted by Crippen LogP contribution is -2.43. The van der Waals surface area contributed by atoms with Crippen LogP contribution in [0.5, 0.6) is 0 Å². The minimum atomic E-state index is -0.441. The fraction of sp³-hybridized carbons (Fsp3) is 0.276. The Hall–Kier alpha value is -6.78. The molecule has 0 unspecified atom stereocenters. The number of aliphatic hydroxyl groups excluding tert-OH is 1. The van der Waals surface area contributed by atoms with E-state index in [-0.39, 0.29) is 49.8 Å². The number of nitrogens with one attached hydrogen (secondary N) is 2. The third kappa shape index (κ3) is 17.7. The van der Waals surface area contributed by atoms with Gasteiger partial charge in [-0.3, -0.25) is 24.1 Å². The molecule has 2 heterocycles. The van der Waals surface area contributed by atoms with Crippen molar-refractivity contribution < 1.29 is 24.3 Å². The molecule has 4 amide bonds. The van der Waals surface area contributed by atoms with E-state index in [9.17, 15) is 24.3 Å². The third-order valence-corrected chi connectivity index (χ3v) is 13.6. The number of rotatable bonds is 18. The third-order valence-electron chi connectivity index (χ3n) is 12.7. The van der Waals surface area contributed by atoms with Gasteiger partial charge in [-0.2, -0.15) is 10.5 Å². The zero-order chi connectivity index (χ0) is 53.3. The first-order valence-corrected chi connectivity index (χ1v) is 26.1. The standard InChI is InChI=1S/C30H30Cl2N4O2.C28H26Cl2N4O3/c31-26-17-27(32)19-28(18-26)34-29(37)21-36(30(38)11-14-35-12-1-2-13-35)15-10-22-6-8-24(9-7-22)25-5-3-4-23(16-25)20-33;29-23-11-24(30)13-25(12-23)32-27(36)17-34(28(37)18-33-9-8-26(35)16-33)15-19-4-6-21(7-5-19)22-3-1-2-20(10-22)14-31/h3-9,16-19H,1-2,10-15,21H2,(H,34,37);1-7,10-13,26,35H,8-9,15-18H2,(H,32,36)/t;26-/m.1/s1. The number of halogens is 4. The molecular formula is C58H56Cl4N8O5.